The summed E-state index contributed by atoms with van der Waals surface area (Å²) in [6, 6.07) is 14.7. The van der Waals surface area contributed by atoms with E-state index in [1.807, 2.05) is 30.3 Å². The monoisotopic (exact) mass is 367 g/mol. The Hall–Kier alpha value is -3.41. The molecule has 0 radical (unpaired) electrons. The van der Waals surface area contributed by atoms with Crippen molar-refractivity contribution < 1.29 is 23.7 Å². The van der Waals surface area contributed by atoms with Crippen LogP contribution in [-0.4, -0.2) is 34.3 Å². The maximum absolute atomic E-state index is 12.9. The molecule has 1 amide bonds. The van der Waals surface area contributed by atoms with E-state index in [-0.39, 0.29) is 5.91 Å². The van der Waals surface area contributed by atoms with Crippen LogP contribution in [0.3, 0.4) is 0 Å². The molecule has 3 aromatic carbocycles. The number of methoxy groups -OCH3 is 4. The molecule has 0 atom stereocenters. The van der Waals surface area contributed by atoms with Gasteiger partial charge in [0.15, 0.2) is 11.5 Å². The molecular formula is C21H21NO5. The van der Waals surface area contributed by atoms with Gasteiger partial charge in [-0.25, -0.2) is 0 Å². The number of carbonyl (C=O) groups is 1. The van der Waals surface area contributed by atoms with Crippen molar-refractivity contribution >= 4 is 22.4 Å². The van der Waals surface area contributed by atoms with Gasteiger partial charge in [-0.05, 0) is 11.5 Å². The summed E-state index contributed by atoms with van der Waals surface area (Å²) in [6.07, 6.45) is 0. The van der Waals surface area contributed by atoms with E-state index in [0.29, 0.717) is 34.2 Å². The first-order chi connectivity index (χ1) is 13.1. The lowest BCUT2D eigenvalue weighted by Gasteiger charge is -2.16. The van der Waals surface area contributed by atoms with Gasteiger partial charge in [0, 0.05) is 17.5 Å². The number of hydrogen-bond acceptors (Lipinski definition) is 5. The molecule has 27 heavy (non-hydrogen) atoms. The van der Waals surface area contributed by atoms with Crippen molar-refractivity contribution in [3.05, 3.63) is 54.1 Å². The van der Waals surface area contributed by atoms with E-state index in [0.717, 1.165) is 10.8 Å². The lowest BCUT2D eigenvalue weighted by atomic mass is 10.0. The molecule has 0 heterocycles. The van der Waals surface area contributed by atoms with Crippen molar-refractivity contribution in [2.45, 2.75) is 0 Å². The van der Waals surface area contributed by atoms with Gasteiger partial charge in [-0.15, -0.1) is 0 Å². The molecule has 0 aliphatic rings. The van der Waals surface area contributed by atoms with Crippen molar-refractivity contribution in [3.8, 4) is 23.0 Å². The molecule has 0 saturated carbocycles. The van der Waals surface area contributed by atoms with Gasteiger partial charge in [0.1, 0.15) is 11.5 Å². The van der Waals surface area contributed by atoms with Crippen LogP contribution < -0.4 is 24.3 Å². The number of hydrogen-bond donors (Lipinski definition) is 1. The van der Waals surface area contributed by atoms with Crippen LogP contribution in [0.25, 0.3) is 10.8 Å². The molecule has 0 unspecified atom stereocenters. The Balaban J connectivity index is 2.02. The number of anilines is 1. The van der Waals surface area contributed by atoms with Crippen LogP contribution in [0.1, 0.15) is 10.4 Å². The van der Waals surface area contributed by atoms with Crippen LogP contribution in [0.4, 0.5) is 5.69 Å². The summed E-state index contributed by atoms with van der Waals surface area (Å²) in [6.45, 7) is 0. The number of carbonyl (C=O) groups excluding carboxylic acids is 1. The summed E-state index contributed by atoms with van der Waals surface area (Å²) in [5.74, 6) is 1.66. The maximum Gasteiger partial charge on any atom is 0.259 e. The molecule has 6 heteroatoms. The van der Waals surface area contributed by atoms with Gasteiger partial charge in [0.25, 0.3) is 5.91 Å². The minimum atomic E-state index is -0.317. The highest BCUT2D eigenvalue weighted by atomic mass is 16.5. The number of fused-ring (bicyclic) bond motifs is 1. The van der Waals surface area contributed by atoms with Gasteiger partial charge in [0.2, 0.25) is 0 Å². The van der Waals surface area contributed by atoms with E-state index < -0.39 is 0 Å². The van der Waals surface area contributed by atoms with Crippen molar-refractivity contribution in [2.75, 3.05) is 33.8 Å². The van der Waals surface area contributed by atoms with Crippen molar-refractivity contribution in [1.82, 2.24) is 0 Å². The third-order valence-corrected chi connectivity index (χ3v) is 4.28. The maximum atomic E-state index is 12.9. The van der Waals surface area contributed by atoms with Gasteiger partial charge < -0.3 is 24.3 Å². The Kier molecular flexibility index (Phi) is 5.35. The SMILES string of the molecule is COc1cc(OC)c(OC)cc1NC(=O)c1ccc2ccccc2c1OC. The second-order valence-electron chi connectivity index (χ2n) is 5.73. The Morgan fingerprint density at radius 1 is 0.778 bits per heavy atom. The van der Waals surface area contributed by atoms with Crippen LogP contribution in [0.5, 0.6) is 23.0 Å². The lowest BCUT2D eigenvalue weighted by molar-refractivity contribution is 0.102. The summed E-state index contributed by atoms with van der Waals surface area (Å²) < 4.78 is 21.5. The van der Waals surface area contributed by atoms with Crippen molar-refractivity contribution in [1.29, 1.82) is 0 Å². The van der Waals surface area contributed by atoms with E-state index >= 15 is 0 Å². The van der Waals surface area contributed by atoms with Crippen molar-refractivity contribution in [2.24, 2.45) is 0 Å². The highest BCUT2D eigenvalue weighted by Crippen LogP contribution is 2.38. The van der Waals surface area contributed by atoms with Gasteiger partial charge in [-0.2, -0.15) is 0 Å². The third-order valence-electron chi connectivity index (χ3n) is 4.28. The van der Waals surface area contributed by atoms with Crippen LogP contribution in [0, 0.1) is 0 Å². The summed E-state index contributed by atoms with van der Waals surface area (Å²) in [7, 11) is 6.14. The normalized spacial score (nSPS) is 10.4. The van der Waals surface area contributed by atoms with E-state index in [2.05, 4.69) is 5.32 Å². The van der Waals surface area contributed by atoms with Crippen molar-refractivity contribution in [3.63, 3.8) is 0 Å². The van der Waals surface area contributed by atoms with E-state index in [1.54, 1.807) is 25.3 Å². The molecule has 0 aliphatic carbocycles. The van der Waals surface area contributed by atoms with Crippen LogP contribution >= 0.6 is 0 Å². The zero-order valence-electron chi connectivity index (χ0n) is 15.7. The van der Waals surface area contributed by atoms with Gasteiger partial charge in [0.05, 0.1) is 39.7 Å². The number of benzene rings is 3. The second-order valence-corrected chi connectivity index (χ2v) is 5.73. The van der Waals surface area contributed by atoms with E-state index in [9.17, 15) is 4.79 Å². The fraction of sp³-hybridized carbons (Fsp3) is 0.190. The summed E-state index contributed by atoms with van der Waals surface area (Å²) in [5, 5.41) is 4.73. The second kappa shape index (κ2) is 7.86. The van der Waals surface area contributed by atoms with Gasteiger partial charge >= 0.3 is 0 Å². The zero-order valence-corrected chi connectivity index (χ0v) is 15.7. The number of rotatable bonds is 6. The van der Waals surface area contributed by atoms with E-state index in [1.165, 1.54) is 21.3 Å². The van der Waals surface area contributed by atoms with Crippen LogP contribution in [0.15, 0.2) is 48.5 Å². The zero-order chi connectivity index (χ0) is 19.4. The fourth-order valence-corrected chi connectivity index (χ4v) is 2.96. The molecular weight excluding hydrogens is 346 g/mol. The smallest absolute Gasteiger partial charge is 0.259 e. The largest absolute Gasteiger partial charge is 0.495 e. The molecule has 6 nitrogen and oxygen atoms in total. The highest BCUT2D eigenvalue weighted by Gasteiger charge is 2.19. The van der Waals surface area contributed by atoms with Gasteiger partial charge in [-0.3, -0.25) is 4.79 Å². The Morgan fingerprint density at radius 3 is 2.11 bits per heavy atom. The first-order valence-electron chi connectivity index (χ1n) is 8.30. The Bertz CT molecular complexity index is 984. The molecule has 3 aromatic rings. The first-order valence-corrected chi connectivity index (χ1v) is 8.30. The minimum Gasteiger partial charge on any atom is -0.495 e. The number of nitrogens with one attached hydrogen (secondary N) is 1. The fourth-order valence-electron chi connectivity index (χ4n) is 2.96. The molecule has 0 fully saturated rings. The summed E-state index contributed by atoms with van der Waals surface area (Å²) >= 11 is 0. The summed E-state index contributed by atoms with van der Waals surface area (Å²) in [5.41, 5.74) is 0.892. The Labute approximate surface area is 157 Å². The standard InChI is InChI=1S/C21H21NO5/c1-24-17-12-19(26-3)18(25-2)11-16(17)22-21(23)15-10-9-13-7-5-6-8-14(13)20(15)27-4/h5-12H,1-4H3,(H,22,23). The molecule has 0 saturated heterocycles. The van der Waals surface area contributed by atoms with Crippen LogP contribution in [0.2, 0.25) is 0 Å². The minimum absolute atomic E-state index is 0.317. The topological polar surface area (TPSA) is 66.0 Å². The Morgan fingerprint density at radius 2 is 1.44 bits per heavy atom. The quantitative estimate of drug-likeness (QED) is 0.710. The molecule has 0 aliphatic heterocycles. The highest BCUT2D eigenvalue weighted by molar-refractivity contribution is 6.10. The molecule has 0 bridgehead atoms. The lowest BCUT2D eigenvalue weighted by Crippen LogP contribution is -2.14. The average Bonchev–Trinajstić information content (AvgIpc) is 2.72. The summed E-state index contributed by atoms with van der Waals surface area (Å²) in [4.78, 5) is 12.9. The first kappa shape index (κ1) is 18.4. The molecule has 3 rings (SSSR count). The molecule has 1 N–H and O–H groups in total. The number of amides is 1. The number of ether oxygens (including phenoxy) is 4. The average molecular weight is 367 g/mol. The third kappa shape index (κ3) is 3.46. The predicted molar refractivity (Wildman–Crippen MR) is 105 cm³/mol. The molecule has 0 spiro atoms. The van der Waals surface area contributed by atoms with Crippen LogP contribution in [-0.2, 0) is 0 Å². The van der Waals surface area contributed by atoms with Gasteiger partial charge in [-0.1, -0.05) is 30.3 Å². The molecule has 0 aromatic heterocycles. The van der Waals surface area contributed by atoms with E-state index in [4.69, 9.17) is 18.9 Å². The molecule has 140 valence electrons. The predicted octanol–water partition coefficient (Wildman–Crippen LogP) is 4.13.